The lowest BCUT2D eigenvalue weighted by molar-refractivity contribution is -0.385. The second-order valence-corrected chi connectivity index (χ2v) is 6.64. The van der Waals surface area contributed by atoms with E-state index in [9.17, 15) is 14.9 Å². The van der Waals surface area contributed by atoms with Crippen LogP contribution in [0.15, 0.2) is 48.7 Å². The third kappa shape index (κ3) is 4.27. The van der Waals surface area contributed by atoms with Crippen molar-refractivity contribution in [3.63, 3.8) is 0 Å². The van der Waals surface area contributed by atoms with Crippen LogP contribution in [0.5, 0.6) is 0 Å². The highest BCUT2D eigenvalue weighted by Crippen LogP contribution is 2.24. The number of carbonyl (C=O) groups is 1. The maximum atomic E-state index is 12.4. The van der Waals surface area contributed by atoms with Gasteiger partial charge in [0.25, 0.3) is 11.6 Å². The highest BCUT2D eigenvalue weighted by Gasteiger charge is 2.17. The Hall–Kier alpha value is -2.90. The SMILES string of the molecule is Cc1ccc(C(=O)Nc2nn(Cc3ccccc3Cl)cc2Cl)cc1[N+](=O)[O-]. The zero-order valence-corrected chi connectivity index (χ0v) is 15.7. The average molecular weight is 405 g/mol. The molecule has 0 saturated carbocycles. The van der Waals surface area contributed by atoms with Gasteiger partial charge < -0.3 is 5.32 Å². The molecule has 0 aliphatic heterocycles. The molecule has 9 heteroatoms. The zero-order chi connectivity index (χ0) is 19.6. The van der Waals surface area contributed by atoms with E-state index in [1.54, 1.807) is 23.9 Å². The summed E-state index contributed by atoms with van der Waals surface area (Å²) in [6.45, 7) is 1.98. The van der Waals surface area contributed by atoms with E-state index in [4.69, 9.17) is 23.2 Å². The zero-order valence-electron chi connectivity index (χ0n) is 14.1. The van der Waals surface area contributed by atoms with Crippen molar-refractivity contribution in [3.8, 4) is 0 Å². The van der Waals surface area contributed by atoms with Gasteiger partial charge in [-0.25, -0.2) is 0 Å². The number of halogens is 2. The first-order valence-electron chi connectivity index (χ1n) is 7.88. The van der Waals surface area contributed by atoms with Crippen molar-refractivity contribution in [2.75, 3.05) is 5.32 Å². The molecule has 1 amide bonds. The normalized spacial score (nSPS) is 10.6. The molecule has 0 bridgehead atoms. The molecule has 27 heavy (non-hydrogen) atoms. The van der Waals surface area contributed by atoms with Crippen molar-refractivity contribution < 1.29 is 9.72 Å². The Kier molecular flexibility index (Phi) is 5.43. The van der Waals surface area contributed by atoms with Gasteiger partial charge in [-0.1, -0.05) is 47.5 Å². The summed E-state index contributed by atoms with van der Waals surface area (Å²) < 4.78 is 1.55. The van der Waals surface area contributed by atoms with Gasteiger partial charge in [-0.3, -0.25) is 19.6 Å². The van der Waals surface area contributed by atoms with E-state index < -0.39 is 10.8 Å². The van der Waals surface area contributed by atoms with Crippen molar-refractivity contribution >= 4 is 40.6 Å². The van der Waals surface area contributed by atoms with E-state index >= 15 is 0 Å². The molecular formula is C18H14Cl2N4O3. The van der Waals surface area contributed by atoms with Crippen LogP contribution in [0.4, 0.5) is 11.5 Å². The number of hydrogen-bond acceptors (Lipinski definition) is 4. The average Bonchev–Trinajstić information content (AvgIpc) is 2.96. The number of amides is 1. The number of carbonyl (C=O) groups excluding carboxylic acids is 1. The summed E-state index contributed by atoms with van der Waals surface area (Å²) in [6.07, 6.45) is 1.57. The molecule has 7 nitrogen and oxygen atoms in total. The van der Waals surface area contributed by atoms with Crippen LogP contribution in [0.2, 0.25) is 10.0 Å². The second kappa shape index (κ2) is 7.77. The number of hydrogen-bond donors (Lipinski definition) is 1. The first-order chi connectivity index (χ1) is 12.8. The van der Waals surface area contributed by atoms with E-state index in [0.29, 0.717) is 17.1 Å². The number of anilines is 1. The summed E-state index contributed by atoms with van der Waals surface area (Å²) in [7, 11) is 0. The van der Waals surface area contributed by atoms with Crippen LogP contribution in [0.1, 0.15) is 21.5 Å². The first kappa shape index (κ1) is 18.9. The quantitative estimate of drug-likeness (QED) is 0.492. The smallest absolute Gasteiger partial charge is 0.273 e. The summed E-state index contributed by atoms with van der Waals surface area (Å²) in [4.78, 5) is 22.9. The van der Waals surface area contributed by atoms with Gasteiger partial charge in [0.15, 0.2) is 5.82 Å². The highest BCUT2D eigenvalue weighted by molar-refractivity contribution is 6.33. The van der Waals surface area contributed by atoms with Gasteiger partial charge in [-0.05, 0) is 24.6 Å². The summed E-state index contributed by atoms with van der Waals surface area (Å²) in [5.41, 5.74) is 1.34. The Labute approximate surface area is 164 Å². The van der Waals surface area contributed by atoms with Gasteiger partial charge >= 0.3 is 0 Å². The van der Waals surface area contributed by atoms with E-state index in [0.717, 1.165) is 5.56 Å². The maximum Gasteiger partial charge on any atom is 0.273 e. The molecule has 0 aliphatic rings. The predicted molar refractivity (Wildman–Crippen MR) is 104 cm³/mol. The number of aromatic nitrogens is 2. The Balaban J connectivity index is 1.79. The lowest BCUT2D eigenvalue weighted by Gasteiger charge is -2.05. The van der Waals surface area contributed by atoms with E-state index in [1.165, 1.54) is 18.2 Å². The molecule has 138 valence electrons. The minimum atomic E-state index is -0.539. The van der Waals surface area contributed by atoms with Gasteiger partial charge in [0.2, 0.25) is 0 Å². The predicted octanol–water partition coefficient (Wildman–Crippen LogP) is 4.71. The van der Waals surface area contributed by atoms with Crippen LogP contribution >= 0.6 is 23.2 Å². The molecule has 0 unspecified atom stereocenters. The molecule has 0 aliphatic carbocycles. The second-order valence-electron chi connectivity index (χ2n) is 5.83. The number of aryl methyl sites for hydroxylation is 1. The Morgan fingerprint density at radius 3 is 2.67 bits per heavy atom. The Morgan fingerprint density at radius 1 is 1.22 bits per heavy atom. The molecular weight excluding hydrogens is 391 g/mol. The van der Waals surface area contributed by atoms with Gasteiger partial charge in [-0.15, -0.1) is 0 Å². The summed E-state index contributed by atoms with van der Waals surface area (Å²) >= 11 is 12.3. The third-order valence-corrected chi connectivity index (χ3v) is 4.55. The molecule has 2 aromatic carbocycles. The molecule has 0 atom stereocenters. The molecule has 0 fully saturated rings. The lowest BCUT2D eigenvalue weighted by Crippen LogP contribution is -2.13. The summed E-state index contributed by atoms with van der Waals surface area (Å²) in [5, 5.41) is 18.7. The van der Waals surface area contributed by atoms with E-state index in [1.807, 2.05) is 18.2 Å². The molecule has 3 rings (SSSR count). The number of nitro benzene ring substituents is 1. The van der Waals surface area contributed by atoms with Crippen LogP contribution in [-0.4, -0.2) is 20.6 Å². The first-order valence-corrected chi connectivity index (χ1v) is 8.63. The van der Waals surface area contributed by atoms with Crippen molar-refractivity contribution in [2.45, 2.75) is 13.5 Å². The molecule has 1 heterocycles. The summed E-state index contributed by atoms with van der Waals surface area (Å²) in [5.74, 6) is -0.375. The Morgan fingerprint density at radius 2 is 1.96 bits per heavy atom. The molecule has 0 spiro atoms. The number of nitro groups is 1. The fourth-order valence-corrected chi connectivity index (χ4v) is 2.88. The van der Waals surface area contributed by atoms with Crippen molar-refractivity contribution in [2.24, 2.45) is 0 Å². The van der Waals surface area contributed by atoms with Crippen LogP contribution in [0, 0.1) is 17.0 Å². The standard InChI is InChI=1S/C18H14Cl2N4O3/c1-11-6-7-12(8-16(11)24(26)27)18(25)21-17-15(20)10-23(22-17)9-13-4-2-3-5-14(13)19/h2-8,10H,9H2,1H3,(H,21,22,25). The maximum absolute atomic E-state index is 12.4. The van der Waals surface area contributed by atoms with Crippen LogP contribution in [0.3, 0.4) is 0 Å². The van der Waals surface area contributed by atoms with Crippen LogP contribution in [0.25, 0.3) is 0 Å². The van der Waals surface area contributed by atoms with Crippen LogP contribution in [-0.2, 0) is 6.54 Å². The van der Waals surface area contributed by atoms with Crippen LogP contribution < -0.4 is 5.32 Å². The Bertz CT molecular complexity index is 1030. The number of nitrogens with one attached hydrogen (secondary N) is 1. The molecule has 3 aromatic rings. The number of rotatable bonds is 5. The molecule has 0 radical (unpaired) electrons. The fraction of sp³-hybridized carbons (Fsp3) is 0.111. The number of nitrogens with zero attached hydrogens (tertiary/aromatic N) is 3. The third-order valence-electron chi connectivity index (χ3n) is 3.91. The van der Waals surface area contributed by atoms with Gasteiger partial charge in [0.05, 0.1) is 11.5 Å². The summed E-state index contributed by atoms with van der Waals surface area (Å²) in [6, 6.07) is 11.6. The fourth-order valence-electron chi connectivity index (χ4n) is 2.49. The topological polar surface area (TPSA) is 90.1 Å². The number of benzene rings is 2. The monoisotopic (exact) mass is 404 g/mol. The van der Waals surface area contributed by atoms with E-state index in [-0.39, 0.29) is 22.1 Å². The highest BCUT2D eigenvalue weighted by atomic mass is 35.5. The van der Waals surface area contributed by atoms with Gasteiger partial charge in [-0.2, -0.15) is 5.10 Å². The van der Waals surface area contributed by atoms with Gasteiger partial charge in [0.1, 0.15) is 5.02 Å². The van der Waals surface area contributed by atoms with Crippen molar-refractivity contribution in [3.05, 3.63) is 85.5 Å². The molecule has 0 saturated heterocycles. The largest absolute Gasteiger partial charge is 0.304 e. The lowest BCUT2D eigenvalue weighted by atomic mass is 10.1. The van der Waals surface area contributed by atoms with E-state index in [2.05, 4.69) is 10.4 Å². The minimum absolute atomic E-state index is 0.127. The molecule has 1 N–H and O–H groups in total. The van der Waals surface area contributed by atoms with Crippen molar-refractivity contribution in [1.82, 2.24) is 9.78 Å². The van der Waals surface area contributed by atoms with Gasteiger partial charge in [0, 0.05) is 28.4 Å². The minimum Gasteiger partial charge on any atom is -0.304 e. The van der Waals surface area contributed by atoms with Crippen molar-refractivity contribution in [1.29, 1.82) is 0 Å². The molecule has 1 aromatic heterocycles.